The highest BCUT2D eigenvalue weighted by Gasteiger charge is 2.29. The molecule has 1 aliphatic heterocycles. The fourth-order valence-electron chi connectivity index (χ4n) is 2.59. The topological polar surface area (TPSA) is 84.7 Å². The van der Waals surface area contributed by atoms with Gasteiger partial charge in [0.05, 0.1) is 13.2 Å². The summed E-state index contributed by atoms with van der Waals surface area (Å²) in [5, 5.41) is 6.10. The van der Waals surface area contributed by atoms with Crippen molar-refractivity contribution in [2.75, 3.05) is 25.0 Å². The predicted octanol–water partition coefficient (Wildman–Crippen LogP) is 1.91. The Hall–Kier alpha value is -2.74. The summed E-state index contributed by atoms with van der Waals surface area (Å²) >= 11 is 0. The highest BCUT2D eigenvalue weighted by Crippen LogP contribution is 2.23. The molecule has 132 valence electrons. The number of nitrogens with one attached hydrogen (secondary N) is 1. The van der Waals surface area contributed by atoms with Gasteiger partial charge in [-0.3, -0.25) is 14.9 Å². The van der Waals surface area contributed by atoms with E-state index in [4.69, 9.17) is 9.26 Å². The number of ether oxygens (including phenoxy) is 1. The number of hydrogen-bond donors (Lipinski definition) is 1. The summed E-state index contributed by atoms with van der Waals surface area (Å²) < 4.78 is 23.9. The Morgan fingerprint density at radius 3 is 2.96 bits per heavy atom. The molecule has 1 atom stereocenters. The zero-order valence-electron chi connectivity index (χ0n) is 13.7. The third-order valence-electron chi connectivity index (χ3n) is 3.92. The minimum absolute atomic E-state index is 0.175. The first-order valence-corrected chi connectivity index (χ1v) is 7.99. The number of carbonyl (C=O) groups is 2. The molecule has 1 unspecified atom stereocenters. The maximum Gasteiger partial charge on any atom is 0.315 e. The zero-order chi connectivity index (χ0) is 17.8. The van der Waals surface area contributed by atoms with Crippen molar-refractivity contribution in [2.45, 2.75) is 19.4 Å². The zero-order valence-corrected chi connectivity index (χ0v) is 13.7. The van der Waals surface area contributed by atoms with Gasteiger partial charge >= 0.3 is 11.8 Å². The third-order valence-corrected chi connectivity index (χ3v) is 3.92. The van der Waals surface area contributed by atoms with Crippen LogP contribution in [0.15, 0.2) is 34.9 Å². The average Bonchev–Trinajstić information content (AvgIpc) is 3.08. The molecule has 2 aromatic rings. The molecule has 25 heavy (non-hydrogen) atoms. The van der Waals surface area contributed by atoms with Crippen molar-refractivity contribution in [3.05, 3.63) is 47.5 Å². The summed E-state index contributed by atoms with van der Waals surface area (Å²) in [5.74, 6) is -1.05. The van der Waals surface area contributed by atoms with Crippen LogP contribution in [0.1, 0.15) is 24.4 Å². The predicted molar refractivity (Wildman–Crippen MR) is 86.2 cm³/mol. The molecular formula is C17H18FN3O4. The molecule has 1 aromatic carbocycles. The fraction of sp³-hybridized carbons (Fsp3) is 0.353. The van der Waals surface area contributed by atoms with Crippen molar-refractivity contribution in [2.24, 2.45) is 0 Å². The van der Waals surface area contributed by atoms with Crippen molar-refractivity contribution in [3.8, 4) is 0 Å². The lowest BCUT2D eigenvalue weighted by molar-refractivity contribution is -0.148. The quantitative estimate of drug-likeness (QED) is 0.858. The molecule has 0 radical (unpaired) electrons. The van der Waals surface area contributed by atoms with E-state index in [9.17, 15) is 14.0 Å². The number of anilines is 1. The van der Waals surface area contributed by atoms with Crippen LogP contribution in [-0.2, 0) is 20.7 Å². The minimum Gasteiger partial charge on any atom is -0.370 e. The van der Waals surface area contributed by atoms with E-state index in [0.717, 1.165) is 0 Å². The number of halogens is 1. The van der Waals surface area contributed by atoms with Gasteiger partial charge in [-0.15, -0.1) is 0 Å². The summed E-state index contributed by atoms with van der Waals surface area (Å²) in [5.41, 5.74) is 0.627. The van der Waals surface area contributed by atoms with E-state index < -0.39 is 17.9 Å². The fourth-order valence-corrected chi connectivity index (χ4v) is 2.59. The molecule has 2 amide bonds. The van der Waals surface area contributed by atoms with Gasteiger partial charge in [-0.05, 0) is 17.7 Å². The summed E-state index contributed by atoms with van der Waals surface area (Å²) in [6, 6.07) is 7.58. The van der Waals surface area contributed by atoms with E-state index in [2.05, 4.69) is 10.5 Å². The highest BCUT2D eigenvalue weighted by molar-refractivity contribution is 6.39. The van der Waals surface area contributed by atoms with E-state index in [1.54, 1.807) is 18.2 Å². The Morgan fingerprint density at radius 1 is 1.40 bits per heavy atom. The van der Waals surface area contributed by atoms with Gasteiger partial charge in [-0.2, -0.15) is 0 Å². The van der Waals surface area contributed by atoms with Gasteiger partial charge in [0, 0.05) is 19.0 Å². The van der Waals surface area contributed by atoms with Gasteiger partial charge in [0.2, 0.25) is 0 Å². The van der Waals surface area contributed by atoms with Crippen LogP contribution in [0.2, 0.25) is 0 Å². The number of rotatable bonds is 3. The number of hydrogen-bond acceptors (Lipinski definition) is 5. The second kappa shape index (κ2) is 7.43. The molecule has 1 N–H and O–H groups in total. The lowest BCUT2D eigenvalue weighted by Crippen LogP contribution is -2.46. The Kier molecular flexibility index (Phi) is 5.08. The van der Waals surface area contributed by atoms with Crippen LogP contribution >= 0.6 is 0 Å². The van der Waals surface area contributed by atoms with Crippen LogP contribution in [0.3, 0.4) is 0 Å². The van der Waals surface area contributed by atoms with Crippen LogP contribution in [-0.4, -0.2) is 41.6 Å². The van der Waals surface area contributed by atoms with Gasteiger partial charge in [0.1, 0.15) is 17.7 Å². The molecule has 1 fully saturated rings. The molecule has 0 spiro atoms. The lowest BCUT2D eigenvalue weighted by atomic mass is 10.1. The number of amides is 2. The molecule has 0 saturated carbocycles. The number of carbonyl (C=O) groups excluding carboxylic acids is 2. The second-order valence-corrected chi connectivity index (χ2v) is 5.65. The molecular weight excluding hydrogens is 329 g/mol. The van der Waals surface area contributed by atoms with Crippen LogP contribution < -0.4 is 5.32 Å². The lowest BCUT2D eigenvalue weighted by Gasteiger charge is -2.32. The molecule has 8 heteroatoms. The number of aromatic nitrogens is 1. The molecule has 1 aliphatic rings. The molecule has 1 saturated heterocycles. The van der Waals surface area contributed by atoms with E-state index in [-0.39, 0.29) is 31.3 Å². The standard InChI is InChI=1S/C17H18FN3O4/c1-2-13-9-15(20-25-13)19-16(22)17(23)21-6-7-24-14(10-21)11-4-3-5-12(18)8-11/h3-5,8-9,14H,2,6-7,10H2,1H3,(H,19,20,22). The first-order valence-electron chi connectivity index (χ1n) is 7.99. The van der Waals surface area contributed by atoms with Gasteiger partial charge in [-0.1, -0.05) is 24.2 Å². The second-order valence-electron chi connectivity index (χ2n) is 5.65. The maximum atomic E-state index is 13.4. The minimum atomic E-state index is -0.796. The van der Waals surface area contributed by atoms with E-state index in [1.165, 1.54) is 17.0 Å². The number of benzene rings is 1. The van der Waals surface area contributed by atoms with Crippen LogP contribution in [0.4, 0.5) is 10.2 Å². The van der Waals surface area contributed by atoms with E-state index in [1.807, 2.05) is 6.92 Å². The largest absolute Gasteiger partial charge is 0.370 e. The SMILES string of the molecule is CCc1cc(NC(=O)C(=O)N2CCOC(c3cccc(F)c3)C2)no1. The Labute approximate surface area is 143 Å². The molecule has 0 aliphatic carbocycles. The smallest absolute Gasteiger partial charge is 0.315 e. The first-order chi connectivity index (χ1) is 12.1. The maximum absolute atomic E-state index is 13.4. The normalized spacial score (nSPS) is 17.4. The van der Waals surface area contributed by atoms with Crippen LogP contribution in [0, 0.1) is 5.82 Å². The van der Waals surface area contributed by atoms with Crippen molar-refractivity contribution < 1.29 is 23.2 Å². The monoisotopic (exact) mass is 347 g/mol. The van der Waals surface area contributed by atoms with Gasteiger partial charge in [0.15, 0.2) is 5.82 Å². The number of morpholine rings is 1. The van der Waals surface area contributed by atoms with Gasteiger partial charge < -0.3 is 14.2 Å². The summed E-state index contributed by atoms with van der Waals surface area (Å²) in [4.78, 5) is 25.9. The Balaban J connectivity index is 1.64. The average molecular weight is 347 g/mol. The van der Waals surface area contributed by atoms with Gasteiger partial charge in [-0.25, -0.2) is 4.39 Å². The van der Waals surface area contributed by atoms with E-state index >= 15 is 0 Å². The highest BCUT2D eigenvalue weighted by atomic mass is 19.1. The third kappa shape index (κ3) is 4.03. The molecule has 7 nitrogen and oxygen atoms in total. The molecule has 0 bridgehead atoms. The summed E-state index contributed by atoms with van der Waals surface area (Å²) in [6.45, 7) is 2.62. The molecule has 3 rings (SSSR count). The number of nitrogens with zero attached hydrogens (tertiary/aromatic N) is 2. The van der Waals surface area contributed by atoms with Crippen molar-refractivity contribution in [1.29, 1.82) is 0 Å². The Bertz CT molecular complexity index is 777. The molecule has 1 aromatic heterocycles. The van der Waals surface area contributed by atoms with Crippen molar-refractivity contribution in [3.63, 3.8) is 0 Å². The summed E-state index contributed by atoms with van der Waals surface area (Å²) in [6.07, 6.45) is 0.162. The Morgan fingerprint density at radius 2 is 2.24 bits per heavy atom. The summed E-state index contributed by atoms with van der Waals surface area (Å²) in [7, 11) is 0. The van der Waals surface area contributed by atoms with E-state index in [0.29, 0.717) is 17.7 Å². The first kappa shape index (κ1) is 17.1. The van der Waals surface area contributed by atoms with Crippen LogP contribution in [0.25, 0.3) is 0 Å². The number of aryl methyl sites for hydroxylation is 1. The van der Waals surface area contributed by atoms with Crippen LogP contribution in [0.5, 0.6) is 0 Å². The van der Waals surface area contributed by atoms with Gasteiger partial charge in [0.25, 0.3) is 0 Å². The molecule has 2 heterocycles. The van der Waals surface area contributed by atoms with Crippen molar-refractivity contribution in [1.82, 2.24) is 10.1 Å². The van der Waals surface area contributed by atoms with Crippen molar-refractivity contribution >= 4 is 17.6 Å².